The van der Waals surface area contributed by atoms with Crippen molar-refractivity contribution in [3.05, 3.63) is 38.8 Å². The van der Waals surface area contributed by atoms with Gasteiger partial charge in [-0.1, -0.05) is 5.18 Å². The van der Waals surface area contributed by atoms with Gasteiger partial charge in [0.05, 0.1) is 11.0 Å². The second-order valence-corrected chi connectivity index (χ2v) is 2.34. The minimum Gasteiger partial charge on any atom is -0.507 e. The number of nitro benzene ring substituents is 1. The van der Waals surface area contributed by atoms with Gasteiger partial charge in [0.25, 0.3) is 7.12 Å². The molecule has 0 saturated carbocycles. The van der Waals surface area contributed by atoms with E-state index in [4.69, 9.17) is 1.43 Å². The van der Waals surface area contributed by atoms with Crippen LogP contribution >= 0.6 is 0 Å². The van der Waals surface area contributed by atoms with Gasteiger partial charge in [0.1, 0.15) is 12.3 Å². The number of nitroso groups, excluding NO2 is 1. The number of benzene rings is 1. The van der Waals surface area contributed by atoms with E-state index in [1.54, 1.807) is 0 Å². The Hall–Kier alpha value is -1.98. The molecule has 0 amide bonds. The van der Waals surface area contributed by atoms with Crippen molar-refractivity contribution in [1.82, 2.24) is 0 Å². The summed E-state index contributed by atoms with van der Waals surface area (Å²) in [5.41, 5.74) is 0.155. The number of rotatable bonds is 4. The number of nitrogens with zero attached hydrogens (tertiary/aromatic N) is 2. The molecule has 6 nitrogen and oxygen atoms in total. The highest BCUT2D eigenvalue weighted by atomic mass is 16.6. The maximum atomic E-state index is 10.3. The van der Waals surface area contributed by atoms with E-state index in [2.05, 4.69) is 10.3 Å². The number of phenolic OH excluding ortho intramolecular Hbond substituents is 1. The second kappa shape index (κ2) is 3.61. The molecule has 0 unspecified atom stereocenters. The van der Waals surface area contributed by atoms with Crippen molar-refractivity contribution in [2.45, 2.75) is 6.54 Å². The van der Waals surface area contributed by atoms with Gasteiger partial charge in [0.2, 0.25) is 0 Å². The van der Waals surface area contributed by atoms with Crippen LogP contribution in [0.25, 0.3) is 0 Å². The van der Waals surface area contributed by atoms with E-state index in [9.17, 15) is 15.0 Å². The molecule has 0 radical (unpaired) electrons. The molecule has 0 spiro atoms. The molecule has 68 valence electrons. The average Bonchev–Trinajstić information content (AvgIpc) is 2.18. The smallest absolute Gasteiger partial charge is 0.293 e. The molecular formula is C7H6N2O4. The molecule has 0 heterocycles. The van der Waals surface area contributed by atoms with E-state index in [0.717, 1.165) is 6.07 Å². The molecular weight excluding hydrogens is 176 g/mol. The molecule has 0 saturated heterocycles. The van der Waals surface area contributed by atoms with Crippen LogP contribution in [0, 0.1) is 15.0 Å². The number of aromatic hydroxyl groups is 1. The molecule has 0 aliphatic heterocycles. The lowest BCUT2D eigenvalue weighted by Gasteiger charge is -1.98. The molecule has 0 aliphatic carbocycles. The van der Waals surface area contributed by atoms with Crippen LogP contribution < -0.4 is 0 Å². The Morgan fingerprint density at radius 1 is 1.69 bits per heavy atom. The fourth-order valence-electron chi connectivity index (χ4n) is 0.857. The fourth-order valence-corrected chi connectivity index (χ4v) is 0.857. The Labute approximate surface area is 74.4 Å². The molecule has 1 N–H and O–H groups in total. The number of nitro groups is 1. The van der Waals surface area contributed by atoms with Gasteiger partial charge in [-0.25, -0.2) is 0 Å². The van der Waals surface area contributed by atoms with Crippen molar-refractivity contribution in [3.8, 4) is 5.75 Å². The van der Waals surface area contributed by atoms with Gasteiger partial charge in [0, 0.05) is 11.6 Å². The summed E-state index contributed by atoms with van der Waals surface area (Å²) in [7, 11) is 0. The highest BCUT2D eigenvalue weighted by Crippen LogP contribution is 2.23. The van der Waals surface area contributed by atoms with Crippen molar-refractivity contribution in [3.63, 3.8) is 0 Å². The van der Waals surface area contributed by atoms with Gasteiger partial charge in [-0.15, -0.1) is 0 Å². The van der Waals surface area contributed by atoms with Gasteiger partial charge in [-0.3, -0.25) is 10.1 Å². The van der Waals surface area contributed by atoms with Crippen LogP contribution in [0.15, 0.2) is 23.4 Å². The van der Waals surface area contributed by atoms with Crippen LogP contribution in [-0.4, -0.2) is 11.5 Å². The molecule has 1 aromatic carbocycles. The van der Waals surface area contributed by atoms with Crippen LogP contribution in [0.5, 0.6) is 5.75 Å². The summed E-state index contributed by atoms with van der Waals surface area (Å²) in [5.74, 6) is -0.0289. The first-order valence-electron chi connectivity index (χ1n) is 3.79. The maximum Gasteiger partial charge on any atom is 0.293 e. The zero-order valence-electron chi connectivity index (χ0n) is 7.47. The SMILES string of the molecule is [3H]Oc1cc([N+](=O)[O-])ccc1CN=O. The topological polar surface area (TPSA) is 92.8 Å². The van der Waals surface area contributed by atoms with Gasteiger partial charge >= 0.3 is 0 Å². The molecule has 1 aromatic rings. The zero-order valence-corrected chi connectivity index (χ0v) is 6.47. The fraction of sp³-hybridized carbons (Fsp3) is 0.143. The maximum absolute atomic E-state index is 10.3. The number of hydrogen-bond donors (Lipinski definition) is 1. The van der Waals surface area contributed by atoms with Crippen molar-refractivity contribution in [2.24, 2.45) is 5.18 Å². The minimum atomic E-state index is -0.610. The second-order valence-electron chi connectivity index (χ2n) is 2.34. The third-order valence-electron chi connectivity index (χ3n) is 1.50. The molecule has 0 bridgehead atoms. The van der Waals surface area contributed by atoms with Crippen LogP contribution in [0.1, 0.15) is 5.56 Å². The monoisotopic (exact) mass is 184 g/mol. The molecule has 0 aromatic heterocycles. The lowest BCUT2D eigenvalue weighted by molar-refractivity contribution is -0.384. The summed E-state index contributed by atoms with van der Waals surface area (Å²) in [6, 6.07) is 3.64. The summed E-state index contributed by atoms with van der Waals surface area (Å²) >= 11 is 0. The van der Waals surface area contributed by atoms with E-state index in [1.165, 1.54) is 12.1 Å². The highest BCUT2D eigenvalue weighted by molar-refractivity contribution is 5.43. The number of phenols is 1. The lowest BCUT2D eigenvalue weighted by atomic mass is 10.2. The van der Waals surface area contributed by atoms with Gasteiger partial charge < -0.3 is 5.11 Å². The number of hydrogen-bond acceptors (Lipinski definition) is 5. The van der Waals surface area contributed by atoms with Crippen LogP contribution in [-0.2, 0) is 6.54 Å². The molecule has 6 heteroatoms. The molecule has 13 heavy (non-hydrogen) atoms. The van der Waals surface area contributed by atoms with Crippen molar-refractivity contribution in [2.75, 3.05) is 0 Å². The first-order chi connectivity index (χ1) is 6.69. The Balaban J connectivity index is 3.10. The van der Waals surface area contributed by atoms with Gasteiger partial charge in [-0.2, -0.15) is 4.91 Å². The molecule has 0 atom stereocenters. The first kappa shape index (κ1) is 7.66. The normalized spacial score (nSPS) is 10.3. The predicted molar refractivity (Wildman–Crippen MR) is 44.3 cm³/mol. The summed E-state index contributed by atoms with van der Waals surface area (Å²) in [6.07, 6.45) is 0. The quantitative estimate of drug-likeness (QED) is 0.436. The van der Waals surface area contributed by atoms with Crippen LogP contribution in [0.2, 0.25) is 0 Å². The molecule has 1 rings (SSSR count). The third-order valence-corrected chi connectivity index (χ3v) is 1.50. The van der Waals surface area contributed by atoms with Crippen LogP contribution in [0.4, 0.5) is 5.69 Å². The molecule has 0 fully saturated rings. The summed E-state index contributed by atoms with van der Waals surface area (Å²) in [5, 5.41) is 17.1. The highest BCUT2D eigenvalue weighted by Gasteiger charge is 2.09. The Morgan fingerprint density at radius 2 is 2.46 bits per heavy atom. The Kier molecular flexibility index (Phi) is 2.13. The summed E-state index contributed by atoms with van der Waals surface area (Å²) in [4.78, 5) is 19.7. The van der Waals surface area contributed by atoms with E-state index in [0.29, 0.717) is 5.56 Å². The van der Waals surface area contributed by atoms with Crippen molar-refractivity contribution in [1.29, 1.82) is 1.43 Å². The third kappa shape index (κ3) is 1.98. The van der Waals surface area contributed by atoms with E-state index in [1.807, 2.05) is 0 Å². The van der Waals surface area contributed by atoms with E-state index in [-0.39, 0.29) is 18.0 Å². The van der Waals surface area contributed by atoms with Gasteiger partial charge in [0.15, 0.2) is 0 Å². The predicted octanol–water partition coefficient (Wildman–Crippen LogP) is 1.57. The molecule has 0 aliphatic rings. The van der Waals surface area contributed by atoms with E-state index < -0.39 is 4.92 Å². The summed E-state index contributed by atoms with van der Waals surface area (Å²) < 4.78 is 6.63. The lowest BCUT2D eigenvalue weighted by Crippen LogP contribution is -1.89. The van der Waals surface area contributed by atoms with E-state index >= 15 is 0 Å². The first-order valence-corrected chi connectivity index (χ1v) is 3.38. The van der Waals surface area contributed by atoms with Crippen LogP contribution in [0.3, 0.4) is 0 Å². The van der Waals surface area contributed by atoms with Crippen molar-refractivity contribution >= 4 is 5.69 Å². The Bertz CT molecular complexity index is 369. The Morgan fingerprint density at radius 3 is 3.00 bits per heavy atom. The summed E-state index contributed by atoms with van der Waals surface area (Å²) in [6.45, 7) is -0.174. The van der Waals surface area contributed by atoms with Crippen molar-refractivity contribution < 1.29 is 10.0 Å². The minimum absolute atomic E-state index is 0.0289. The zero-order chi connectivity index (χ0) is 10.6. The largest absolute Gasteiger partial charge is 0.507 e. The number of non-ortho nitro benzene ring substituents is 1. The van der Waals surface area contributed by atoms with Gasteiger partial charge in [-0.05, 0) is 6.07 Å². The standard InChI is InChI=1S/C7H6N2O4/c10-7-3-6(9(12)13)2-1-5(7)4-8-11/h1-3,10H,4H2/i/hT. The average molecular weight is 184 g/mol.